The number of nitrogens with zero attached hydrogens (tertiary/aromatic N) is 2. The maximum atomic E-state index is 12.9. The molecule has 1 amide bonds. The summed E-state index contributed by atoms with van der Waals surface area (Å²) in [5.74, 6) is -0.440. The van der Waals surface area contributed by atoms with Gasteiger partial charge < -0.3 is 10.0 Å². The Bertz CT molecular complexity index is 800. The van der Waals surface area contributed by atoms with Crippen LogP contribution in [0.2, 0.25) is 5.02 Å². The molecule has 2 aromatic rings. The minimum atomic E-state index is -0.310. The fraction of sp³-hybridized carbons (Fsp3) is 0.222. The maximum absolute atomic E-state index is 12.9. The number of hydrogen-bond acceptors (Lipinski definition) is 3. The SMILES string of the molecule is CCN(C(=O)c1cc(Cl)cc(Br)c1O)C(C)c1ccc(C#N)cc1. The quantitative estimate of drug-likeness (QED) is 0.783. The molecule has 0 saturated heterocycles. The fourth-order valence-electron chi connectivity index (χ4n) is 2.49. The number of halogens is 2. The van der Waals surface area contributed by atoms with Crippen molar-refractivity contribution < 1.29 is 9.90 Å². The number of carbonyl (C=O) groups is 1. The molecule has 0 bridgehead atoms. The fourth-order valence-corrected chi connectivity index (χ4v) is 3.30. The lowest BCUT2D eigenvalue weighted by molar-refractivity contribution is 0.0699. The standard InChI is InChI=1S/C18H16BrClN2O2/c1-3-22(11(2)13-6-4-12(10-21)5-7-13)18(24)15-8-14(20)9-16(19)17(15)23/h4-9,11,23H,3H2,1-2H3. The smallest absolute Gasteiger partial charge is 0.258 e. The predicted molar refractivity (Wildman–Crippen MR) is 97.1 cm³/mol. The first-order valence-corrected chi connectivity index (χ1v) is 8.55. The molecule has 2 rings (SSSR count). The first-order chi connectivity index (χ1) is 11.4. The van der Waals surface area contributed by atoms with Crippen LogP contribution in [-0.4, -0.2) is 22.5 Å². The Morgan fingerprint density at radius 1 is 1.38 bits per heavy atom. The number of hydrogen-bond donors (Lipinski definition) is 1. The number of amides is 1. The summed E-state index contributed by atoms with van der Waals surface area (Å²) in [6, 6.07) is 11.9. The van der Waals surface area contributed by atoms with Crippen LogP contribution in [0.1, 0.15) is 41.4 Å². The van der Waals surface area contributed by atoms with Crippen LogP contribution in [0.5, 0.6) is 5.75 Å². The zero-order valence-corrected chi connectivity index (χ0v) is 15.6. The summed E-state index contributed by atoms with van der Waals surface area (Å²) in [5.41, 5.74) is 1.62. The summed E-state index contributed by atoms with van der Waals surface area (Å²) in [6.45, 7) is 4.23. The number of nitriles is 1. The third-order valence-electron chi connectivity index (χ3n) is 3.85. The number of aromatic hydroxyl groups is 1. The van der Waals surface area contributed by atoms with E-state index in [4.69, 9.17) is 16.9 Å². The summed E-state index contributed by atoms with van der Waals surface area (Å²) in [7, 11) is 0. The van der Waals surface area contributed by atoms with Crippen LogP contribution in [0, 0.1) is 11.3 Å². The molecular formula is C18H16BrClN2O2. The second-order valence-corrected chi connectivity index (χ2v) is 6.58. The molecule has 124 valence electrons. The van der Waals surface area contributed by atoms with Gasteiger partial charge >= 0.3 is 0 Å². The van der Waals surface area contributed by atoms with Gasteiger partial charge in [0.15, 0.2) is 0 Å². The Balaban J connectivity index is 2.36. The molecule has 0 aliphatic rings. The third-order valence-corrected chi connectivity index (χ3v) is 4.67. The summed E-state index contributed by atoms with van der Waals surface area (Å²) in [5, 5.41) is 19.4. The normalized spacial score (nSPS) is 11.6. The Kier molecular flexibility index (Phi) is 5.87. The molecule has 2 aromatic carbocycles. The average Bonchev–Trinajstić information content (AvgIpc) is 2.58. The molecule has 0 radical (unpaired) electrons. The summed E-state index contributed by atoms with van der Waals surface area (Å²) in [6.07, 6.45) is 0. The monoisotopic (exact) mass is 406 g/mol. The van der Waals surface area contributed by atoms with Gasteiger partial charge in [-0.2, -0.15) is 5.26 Å². The molecular weight excluding hydrogens is 392 g/mol. The van der Waals surface area contributed by atoms with Crippen molar-refractivity contribution in [2.24, 2.45) is 0 Å². The van der Waals surface area contributed by atoms with Crippen LogP contribution >= 0.6 is 27.5 Å². The van der Waals surface area contributed by atoms with Crippen LogP contribution in [0.4, 0.5) is 0 Å². The van der Waals surface area contributed by atoms with E-state index in [0.717, 1.165) is 5.56 Å². The molecule has 0 fully saturated rings. The van der Waals surface area contributed by atoms with Crippen LogP contribution in [0.3, 0.4) is 0 Å². The highest BCUT2D eigenvalue weighted by Crippen LogP contribution is 2.33. The highest BCUT2D eigenvalue weighted by atomic mass is 79.9. The van der Waals surface area contributed by atoms with Gasteiger partial charge in [0.05, 0.1) is 27.7 Å². The lowest BCUT2D eigenvalue weighted by Crippen LogP contribution is -2.33. The first-order valence-electron chi connectivity index (χ1n) is 7.38. The van der Waals surface area contributed by atoms with Gasteiger partial charge in [0.1, 0.15) is 5.75 Å². The van der Waals surface area contributed by atoms with Gasteiger partial charge in [0.25, 0.3) is 5.91 Å². The van der Waals surface area contributed by atoms with E-state index < -0.39 is 0 Å². The first kappa shape index (κ1) is 18.3. The zero-order valence-electron chi connectivity index (χ0n) is 13.3. The summed E-state index contributed by atoms with van der Waals surface area (Å²) >= 11 is 9.20. The molecule has 6 heteroatoms. The van der Waals surface area contributed by atoms with Gasteiger partial charge in [0, 0.05) is 11.6 Å². The van der Waals surface area contributed by atoms with Gasteiger partial charge in [-0.15, -0.1) is 0 Å². The molecule has 0 aromatic heterocycles. The topological polar surface area (TPSA) is 64.3 Å². The van der Waals surface area contributed by atoms with Crippen LogP contribution in [0.15, 0.2) is 40.9 Å². The van der Waals surface area contributed by atoms with Gasteiger partial charge in [0.2, 0.25) is 0 Å². The third kappa shape index (κ3) is 3.72. The molecule has 24 heavy (non-hydrogen) atoms. The molecule has 0 saturated carbocycles. The highest BCUT2D eigenvalue weighted by molar-refractivity contribution is 9.10. The minimum Gasteiger partial charge on any atom is -0.506 e. The van der Waals surface area contributed by atoms with Crippen molar-refractivity contribution in [3.05, 3.63) is 62.6 Å². The minimum absolute atomic E-state index is 0.130. The lowest BCUT2D eigenvalue weighted by Gasteiger charge is -2.29. The maximum Gasteiger partial charge on any atom is 0.258 e. The van der Waals surface area contributed by atoms with E-state index in [-0.39, 0.29) is 23.3 Å². The van der Waals surface area contributed by atoms with Crippen LogP contribution in [0.25, 0.3) is 0 Å². The van der Waals surface area contributed by atoms with E-state index in [0.29, 0.717) is 21.6 Å². The van der Waals surface area contributed by atoms with Gasteiger partial charge in [-0.3, -0.25) is 4.79 Å². The number of carbonyl (C=O) groups excluding carboxylic acids is 1. The molecule has 1 N–H and O–H groups in total. The number of phenols is 1. The Morgan fingerprint density at radius 3 is 2.54 bits per heavy atom. The van der Waals surface area contributed by atoms with Crippen molar-refractivity contribution in [1.82, 2.24) is 4.90 Å². The van der Waals surface area contributed by atoms with Crippen LogP contribution in [-0.2, 0) is 0 Å². The number of rotatable bonds is 4. The van der Waals surface area contributed by atoms with E-state index >= 15 is 0 Å². The summed E-state index contributed by atoms with van der Waals surface area (Å²) < 4.78 is 0.375. The Labute approximate surface area is 154 Å². The molecule has 0 aliphatic heterocycles. The van der Waals surface area contributed by atoms with Crippen LogP contribution < -0.4 is 0 Å². The van der Waals surface area contributed by atoms with Crippen molar-refractivity contribution in [2.45, 2.75) is 19.9 Å². The van der Waals surface area contributed by atoms with E-state index in [1.54, 1.807) is 17.0 Å². The van der Waals surface area contributed by atoms with Gasteiger partial charge in [-0.05, 0) is 59.6 Å². The average molecular weight is 408 g/mol. The molecule has 0 heterocycles. The van der Waals surface area contributed by atoms with Crippen molar-refractivity contribution in [3.8, 4) is 11.8 Å². The molecule has 1 unspecified atom stereocenters. The van der Waals surface area contributed by atoms with E-state index in [2.05, 4.69) is 22.0 Å². The highest BCUT2D eigenvalue weighted by Gasteiger charge is 2.25. The molecule has 0 spiro atoms. The van der Waals surface area contributed by atoms with Gasteiger partial charge in [-0.25, -0.2) is 0 Å². The van der Waals surface area contributed by atoms with Crippen molar-refractivity contribution in [2.75, 3.05) is 6.54 Å². The Hall–Kier alpha value is -2.03. The Morgan fingerprint density at radius 2 is 2.00 bits per heavy atom. The molecule has 1 atom stereocenters. The van der Waals surface area contributed by atoms with E-state index in [9.17, 15) is 9.90 Å². The molecule has 0 aliphatic carbocycles. The second kappa shape index (κ2) is 7.69. The van der Waals surface area contributed by atoms with Crippen molar-refractivity contribution >= 4 is 33.4 Å². The van der Waals surface area contributed by atoms with Crippen molar-refractivity contribution in [1.29, 1.82) is 5.26 Å². The van der Waals surface area contributed by atoms with E-state index in [1.165, 1.54) is 12.1 Å². The zero-order chi connectivity index (χ0) is 17.9. The van der Waals surface area contributed by atoms with E-state index in [1.807, 2.05) is 26.0 Å². The predicted octanol–water partition coefficient (Wildman–Crippen LogP) is 4.90. The van der Waals surface area contributed by atoms with Gasteiger partial charge in [-0.1, -0.05) is 23.7 Å². The number of phenolic OH excluding ortho intramolecular Hbond substituents is 1. The largest absolute Gasteiger partial charge is 0.506 e. The van der Waals surface area contributed by atoms with Crippen molar-refractivity contribution in [3.63, 3.8) is 0 Å². The molecule has 4 nitrogen and oxygen atoms in total. The lowest BCUT2D eigenvalue weighted by atomic mass is 10.0. The number of benzene rings is 2. The summed E-state index contributed by atoms with van der Waals surface area (Å²) in [4.78, 5) is 14.5. The second-order valence-electron chi connectivity index (χ2n) is 5.28.